The second-order valence-corrected chi connectivity index (χ2v) is 14.2. The molecule has 3 nitrogen and oxygen atoms in total. The van der Waals surface area contributed by atoms with Crippen LogP contribution < -0.4 is 0 Å². The van der Waals surface area contributed by atoms with E-state index in [9.17, 15) is 0 Å². The van der Waals surface area contributed by atoms with E-state index >= 15 is 0 Å². The van der Waals surface area contributed by atoms with Gasteiger partial charge in [0.15, 0.2) is 0 Å². The Balaban J connectivity index is 1.30. The number of aryl methyl sites for hydroxylation is 1. The van der Waals surface area contributed by atoms with E-state index in [1.54, 1.807) is 0 Å². The summed E-state index contributed by atoms with van der Waals surface area (Å²) in [6, 6.07) is 47.7. The minimum atomic E-state index is 0.246. The van der Waals surface area contributed by atoms with Gasteiger partial charge in [-0.3, -0.25) is 9.97 Å². The Hall–Kier alpha value is -5.80. The molecule has 238 valence electrons. The van der Waals surface area contributed by atoms with Crippen molar-refractivity contribution >= 4 is 21.7 Å². The Morgan fingerprint density at radius 2 is 1.22 bits per heavy atom. The molecule has 49 heavy (non-hydrogen) atoms. The fourth-order valence-electron chi connectivity index (χ4n) is 6.97. The van der Waals surface area contributed by atoms with E-state index in [-0.39, 0.29) is 5.41 Å². The van der Waals surface area contributed by atoms with E-state index in [4.69, 9.17) is 14.4 Å². The molecule has 0 saturated heterocycles. The monoisotopic (exact) mass is 634 g/mol. The Morgan fingerprint density at radius 3 is 2.00 bits per heavy atom. The van der Waals surface area contributed by atoms with Crippen molar-refractivity contribution in [1.82, 2.24) is 9.97 Å². The molecular weight excluding hydrogens is 597 g/mol. The van der Waals surface area contributed by atoms with E-state index in [2.05, 4.69) is 142 Å². The maximum Gasteiger partial charge on any atom is 0.144 e. The van der Waals surface area contributed by atoms with Crippen molar-refractivity contribution in [3.05, 3.63) is 157 Å². The number of rotatable bonds is 6. The fourth-order valence-corrected chi connectivity index (χ4v) is 6.97. The molecule has 3 heteroatoms. The molecule has 0 N–H and O–H groups in total. The maximum atomic E-state index is 6.42. The van der Waals surface area contributed by atoms with Gasteiger partial charge in [0, 0.05) is 28.9 Å². The molecule has 8 aromatic rings. The number of pyridine rings is 2. The minimum absolute atomic E-state index is 0.246. The fraction of sp³-hybridized carbons (Fsp3) is 0.130. The molecule has 5 aromatic carbocycles. The number of nitrogens with zero attached hydrogens (tertiary/aromatic N) is 2. The SMILES string of the molecule is Cc1cc2c(o1)c(-c1cc(-c3ccc(CC(C)(C)C)cc3)ccn1)cc1c(-c3cc(-c4ccccc4)cc(-c4ccccn4)c3)cccc12. The van der Waals surface area contributed by atoms with Crippen molar-refractivity contribution in [3.63, 3.8) is 0 Å². The summed E-state index contributed by atoms with van der Waals surface area (Å²) in [6.45, 7) is 8.86. The lowest BCUT2D eigenvalue weighted by Gasteiger charge is -2.18. The summed E-state index contributed by atoms with van der Waals surface area (Å²) < 4.78 is 6.42. The summed E-state index contributed by atoms with van der Waals surface area (Å²) >= 11 is 0. The topological polar surface area (TPSA) is 38.9 Å². The molecule has 0 unspecified atom stereocenters. The standard InChI is InChI=1S/C46H38N2O/c1-30-23-41-39-14-10-13-38(36-24-35(32-11-6-5-7-12-32)25-37(26-36)43-15-8-9-21-47-43)40(39)28-42(45(41)49-30)44-27-34(20-22-48-44)33-18-16-31(17-19-33)29-46(2,3)4/h5-28H,29H2,1-4H3. The molecule has 0 aliphatic rings. The predicted octanol–water partition coefficient (Wildman–Crippen LogP) is 12.6. The maximum absolute atomic E-state index is 6.42. The van der Waals surface area contributed by atoms with Gasteiger partial charge in [-0.15, -0.1) is 0 Å². The largest absolute Gasteiger partial charge is 0.461 e. The van der Waals surface area contributed by atoms with Gasteiger partial charge in [0.05, 0.1) is 11.4 Å². The van der Waals surface area contributed by atoms with Crippen LogP contribution >= 0.6 is 0 Å². The lowest BCUT2D eigenvalue weighted by molar-refractivity contribution is 0.411. The third kappa shape index (κ3) is 6.16. The van der Waals surface area contributed by atoms with Crippen LogP contribution in [0.15, 0.2) is 150 Å². The van der Waals surface area contributed by atoms with Crippen LogP contribution in [-0.4, -0.2) is 9.97 Å². The number of hydrogen-bond donors (Lipinski definition) is 0. The highest BCUT2D eigenvalue weighted by Gasteiger charge is 2.18. The molecule has 0 fully saturated rings. The van der Waals surface area contributed by atoms with Crippen molar-refractivity contribution in [2.75, 3.05) is 0 Å². The van der Waals surface area contributed by atoms with Crippen molar-refractivity contribution in [1.29, 1.82) is 0 Å². The summed E-state index contributed by atoms with van der Waals surface area (Å²) in [6.07, 6.45) is 4.81. The predicted molar refractivity (Wildman–Crippen MR) is 204 cm³/mol. The normalized spacial score (nSPS) is 11.8. The average molecular weight is 635 g/mol. The molecule has 0 atom stereocenters. The van der Waals surface area contributed by atoms with Crippen LogP contribution in [0, 0.1) is 12.3 Å². The first-order valence-electron chi connectivity index (χ1n) is 16.9. The highest BCUT2D eigenvalue weighted by molar-refractivity contribution is 6.15. The van der Waals surface area contributed by atoms with Gasteiger partial charge in [0.1, 0.15) is 11.3 Å². The van der Waals surface area contributed by atoms with Crippen molar-refractivity contribution in [2.45, 2.75) is 34.1 Å². The van der Waals surface area contributed by atoms with Gasteiger partial charge in [-0.2, -0.15) is 0 Å². The van der Waals surface area contributed by atoms with E-state index < -0.39 is 0 Å². The lowest BCUT2D eigenvalue weighted by atomic mass is 9.87. The van der Waals surface area contributed by atoms with Gasteiger partial charge in [0.25, 0.3) is 0 Å². The first-order valence-corrected chi connectivity index (χ1v) is 16.9. The zero-order chi connectivity index (χ0) is 33.5. The summed E-state index contributed by atoms with van der Waals surface area (Å²) in [5.41, 5.74) is 13.3. The van der Waals surface area contributed by atoms with Gasteiger partial charge in [-0.05, 0) is 123 Å². The molecule has 3 heterocycles. The molecule has 0 amide bonds. The Morgan fingerprint density at radius 1 is 0.490 bits per heavy atom. The van der Waals surface area contributed by atoms with Crippen LogP contribution in [0.5, 0.6) is 0 Å². The van der Waals surface area contributed by atoms with E-state index in [0.717, 1.165) is 78.7 Å². The first-order chi connectivity index (χ1) is 23.8. The summed E-state index contributed by atoms with van der Waals surface area (Å²) in [5.74, 6) is 0.878. The van der Waals surface area contributed by atoms with Crippen LogP contribution in [0.3, 0.4) is 0 Å². The number of hydrogen-bond acceptors (Lipinski definition) is 3. The summed E-state index contributed by atoms with van der Waals surface area (Å²) in [5, 5.41) is 3.40. The molecule has 0 saturated carbocycles. The summed E-state index contributed by atoms with van der Waals surface area (Å²) in [4.78, 5) is 9.62. The molecule has 0 spiro atoms. The minimum Gasteiger partial charge on any atom is -0.461 e. The Kier molecular flexibility index (Phi) is 7.69. The molecule has 3 aromatic heterocycles. The quantitative estimate of drug-likeness (QED) is 0.183. The van der Waals surface area contributed by atoms with Crippen LogP contribution in [0.2, 0.25) is 0 Å². The van der Waals surface area contributed by atoms with Crippen LogP contribution in [0.4, 0.5) is 0 Å². The second kappa shape index (κ2) is 12.3. The van der Waals surface area contributed by atoms with Gasteiger partial charge < -0.3 is 4.42 Å². The average Bonchev–Trinajstić information content (AvgIpc) is 3.53. The number of benzene rings is 5. The lowest BCUT2D eigenvalue weighted by Crippen LogP contribution is -2.08. The molecule has 8 rings (SSSR count). The highest BCUT2D eigenvalue weighted by atomic mass is 16.3. The van der Waals surface area contributed by atoms with Gasteiger partial charge in [-0.1, -0.05) is 99.6 Å². The molecule has 0 bridgehead atoms. The second-order valence-electron chi connectivity index (χ2n) is 14.2. The van der Waals surface area contributed by atoms with Gasteiger partial charge >= 0.3 is 0 Å². The summed E-state index contributed by atoms with van der Waals surface area (Å²) in [7, 11) is 0. The Labute approximate surface area is 288 Å². The van der Waals surface area contributed by atoms with Crippen LogP contribution in [0.1, 0.15) is 32.1 Å². The third-order valence-corrected chi connectivity index (χ3v) is 9.15. The highest BCUT2D eigenvalue weighted by Crippen LogP contribution is 2.42. The van der Waals surface area contributed by atoms with E-state index in [1.807, 2.05) is 31.5 Å². The smallest absolute Gasteiger partial charge is 0.144 e. The molecule has 0 aliphatic heterocycles. The first kappa shape index (κ1) is 30.5. The molecule has 0 aliphatic carbocycles. The van der Waals surface area contributed by atoms with Gasteiger partial charge in [-0.25, -0.2) is 0 Å². The number of aromatic nitrogens is 2. The van der Waals surface area contributed by atoms with E-state index in [1.165, 1.54) is 16.7 Å². The van der Waals surface area contributed by atoms with Crippen LogP contribution in [0.25, 0.3) is 77.6 Å². The van der Waals surface area contributed by atoms with Crippen molar-refractivity contribution < 1.29 is 4.42 Å². The zero-order valence-corrected chi connectivity index (χ0v) is 28.4. The van der Waals surface area contributed by atoms with Crippen molar-refractivity contribution in [2.24, 2.45) is 5.41 Å². The molecule has 0 radical (unpaired) electrons. The van der Waals surface area contributed by atoms with Gasteiger partial charge in [0.2, 0.25) is 0 Å². The number of fused-ring (bicyclic) bond motifs is 3. The molecular formula is C46H38N2O. The third-order valence-electron chi connectivity index (χ3n) is 9.15. The number of furan rings is 1. The Bertz CT molecular complexity index is 2380. The van der Waals surface area contributed by atoms with E-state index in [0.29, 0.717) is 0 Å². The van der Waals surface area contributed by atoms with Crippen molar-refractivity contribution in [3.8, 4) is 55.9 Å². The zero-order valence-electron chi connectivity index (χ0n) is 28.4. The van der Waals surface area contributed by atoms with Crippen LogP contribution in [-0.2, 0) is 6.42 Å².